The fourth-order valence-corrected chi connectivity index (χ4v) is 1.50. The summed E-state index contributed by atoms with van der Waals surface area (Å²) in [6, 6.07) is 12.9. The number of hydrogen-bond acceptors (Lipinski definition) is 5. The normalized spacial score (nSPS) is 10.5. The lowest BCUT2D eigenvalue weighted by atomic mass is 10.2. The number of nitrogens with one attached hydrogen (secondary N) is 1. The molecule has 6 nitrogen and oxygen atoms in total. The van der Waals surface area contributed by atoms with Gasteiger partial charge in [0.25, 0.3) is 5.69 Å². The highest BCUT2D eigenvalue weighted by Crippen LogP contribution is 2.21. The van der Waals surface area contributed by atoms with E-state index in [0.29, 0.717) is 11.3 Å². The SMILES string of the molecule is O=[N+]([O-])c1ccccc1C=NNc1ccccc1O. The van der Waals surface area contributed by atoms with Gasteiger partial charge < -0.3 is 5.11 Å². The van der Waals surface area contributed by atoms with Gasteiger partial charge >= 0.3 is 0 Å². The van der Waals surface area contributed by atoms with Crippen molar-refractivity contribution in [1.29, 1.82) is 0 Å². The molecule has 0 fully saturated rings. The highest BCUT2D eigenvalue weighted by Gasteiger charge is 2.09. The molecule has 0 atom stereocenters. The van der Waals surface area contributed by atoms with Gasteiger partial charge in [-0.25, -0.2) is 0 Å². The molecule has 2 rings (SSSR count). The van der Waals surface area contributed by atoms with Gasteiger partial charge in [-0.3, -0.25) is 15.5 Å². The lowest BCUT2D eigenvalue weighted by Gasteiger charge is -2.02. The van der Waals surface area contributed by atoms with Gasteiger partial charge in [-0.15, -0.1) is 0 Å². The van der Waals surface area contributed by atoms with E-state index in [2.05, 4.69) is 10.5 Å². The topological polar surface area (TPSA) is 87.8 Å². The molecule has 0 saturated carbocycles. The van der Waals surface area contributed by atoms with E-state index in [-0.39, 0.29) is 11.4 Å². The van der Waals surface area contributed by atoms with Crippen LogP contribution >= 0.6 is 0 Å². The standard InChI is InChI=1S/C13H11N3O3/c17-13-8-4-2-6-11(13)15-14-9-10-5-1-3-7-12(10)16(18)19/h1-9,15,17H. The summed E-state index contributed by atoms with van der Waals surface area (Å²) in [6.45, 7) is 0. The van der Waals surface area contributed by atoms with Gasteiger partial charge in [0.1, 0.15) is 5.75 Å². The van der Waals surface area contributed by atoms with Crippen LogP contribution in [-0.4, -0.2) is 16.2 Å². The van der Waals surface area contributed by atoms with Crippen molar-refractivity contribution in [3.63, 3.8) is 0 Å². The maximum absolute atomic E-state index is 10.8. The van der Waals surface area contributed by atoms with Crippen molar-refractivity contribution in [1.82, 2.24) is 0 Å². The van der Waals surface area contributed by atoms with Crippen LogP contribution in [0.25, 0.3) is 0 Å². The summed E-state index contributed by atoms with van der Waals surface area (Å²) in [5.74, 6) is 0.0576. The highest BCUT2D eigenvalue weighted by molar-refractivity contribution is 5.85. The molecule has 0 aliphatic carbocycles. The van der Waals surface area contributed by atoms with Gasteiger partial charge in [-0.1, -0.05) is 24.3 Å². The molecule has 2 aromatic carbocycles. The third-order valence-corrected chi connectivity index (χ3v) is 2.43. The van der Waals surface area contributed by atoms with Gasteiger partial charge in [0.2, 0.25) is 0 Å². The van der Waals surface area contributed by atoms with Gasteiger partial charge in [0.05, 0.1) is 22.4 Å². The summed E-state index contributed by atoms with van der Waals surface area (Å²) >= 11 is 0. The monoisotopic (exact) mass is 257 g/mol. The Morgan fingerprint density at radius 2 is 1.84 bits per heavy atom. The third kappa shape index (κ3) is 3.06. The van der Waals surface area contributed by atoms with E-state index < -0.39 is 4.92 Å². The first-order chi connectivity index (χ1) is 9.18. The zero-order chi connectivity index (χ0) is 13.7. The summed E-state index contributed by atoms with van der Waals surface area (Å²) in [7, 11) is 0. The summed E-state index contributed by atoms with van der Waals surface area (Å²) in [4.78, 5) is 10.3. The molecule has 0 bridgehead atoms. The fourth-order valence-electron chi connectivity index (χ4n) is 1.50. The van der Waals surface area contributed by atoms with Crippen LogP contribution in [0.4, 0.5) is 11.4 Å². The van der Waals surface area contributed by atoms with Crippen LogP contribution in [0.3, 0.4) is 0 Å². The number of nitro groups is 1. The van der Waals surface area contributed by atoms with E-state index >= 15 is 0 Å². The molecular weight excluding hydrogens is 246 g/mol. The number of aromatic hydroxyl groups is 1. The van der Waals surface area contributed by atoms with Gasteiger partial charge in [-0.05, 0) is 18.2 Å². The average Bonchev–Trinajstić information content (AvgIpc) is 2.41. The van der Waals surface area contributed by atoms with E-state index in [1.807, 2.05) is 0 Å². The lowest BCUT2D eigenvalue weighted by Crippen LogP contribution is -1.96. The minimum atomic E-state index is -0.471. The summed E-state index contributed by atoms with van der Waals surface area (Å²) < 4.78 is 0. The highest BCUT2D eigenvalue weighted by atomic mass is 16.6. The first kappa shape index (κ1) is 12.6. The van der Waals surface area contributed by atoms with Crippen molar-refractivity contribution in [3.8, 4) is 5.75 Å². The minimum absolute atomic E-state index is 0.0228. The molecule has 0 aromatic heterocycles. The predicted molar refractivity (Wildman–Crippen MR) is 72.4 cm³/mol. The van der Waals surface area contributed by atoms with Crippen LogP contribution in [-0.2, 0) is 0 Å². The number of phenols is 1. The molecule has 2 N–H and O–H groups in total. The Hall–Kier alpha value is -2.89. The number of hydrazone groups is 1. The Morgan fingerprint density at radius 3 is 2.58 bits per heavy atom. The molecular formula is C13H11N3O3. The molecule has 0 aliphatic rings. The van der Waals surface area contributed by atoms with Crippen LogP contribution in [0.2, 0.25) is 0 Å². The molecule has 96 valence electrons. The predicted octanol–water partition coefficient (Wildman–Crippen LogP) is 2.75. The molecule has 0 radical (unpaired) electrons. The van der Waals surface area contributed by atoms with Crippen molar-refractivity contribution in [2.75, 3.05) is 5.43 Å². The van der Waals surface area contributed by atoms with E-state index in [0.717, 1.165) is 0 Å². The Morgan fingerprint density at radius 1 is 1.16 bits per heavy atom. The van der Waals surface area contributed by atoms with E-state index in [1.54, 1.807) is 36.4 Å². The number of para-hydroxylation sites is 3. The number of rotatable bonds is 4. The van der Waals surface area contributed by atoms with E-state index in [1.165, 1.54) is 18.3 Å². The van der Waals surface area contributed by atoms with Crippen LogP contribution in [0.5, 0.6) is 5.75 Å². The summed E-state index contributed by atoms with van der Waals surface area (Å²) in [5, 5.41) is 24.2. The largest absolute Gasteiger partial charge is 0.506 e. The van der Waals surface area contributed by atoms with Crippen molar-refractivity contribution in [2.24, 2.45) is 5.10 Å². The van der Waals surface area contributed by atoms with Crippen molar-refractivity contribution in [3.05, 3.63) is 64.2 Å². The first-order valence-electron chi connectivity index (χ1n) is 5.49. The third-order valence-electron chi connectivity index (χ3n) is 2.43. The molecule has 0 aliphatic heterocycles. The number of hydrogen-bond donors (Lipinski definition) is 2. The Bertz CT molecular complexity index is 626. The zero-order valence-electron chi connectivity index (χ0n) is 9.85. The maximum Gasteiger partial charge on any atom is 0.278 e. The minimum Gasteiger partial charge on any atom is -0.506 e. The van der Waals surface area contributed by atoms with Gasteiger partial charge in [0.15, 0.2) is 0 Å². The fraction of sp³-hybridized carbons (Fsp3) is 0. The maximum atomic E-state index is 10.8. The number of nitrogens with zero attached hydrogens (tertiary/aromatic N) is 2. The molecule has 0 heterocycles. The van der Waals surface area contributed by atoms with Crippen molar-refractivity contribution >= 4 is 17.6 Å². The smallest absolute Gasteiger partial charge is 0.278 e. The molecule has 19 heavy (non-hydrogen) atoms. The quantitative estimate of drug-likeness (QED) is 0.381. The molecule has 6 heteroatoms. The lowest BCUT2D eigenvalue weighted by molar-refractivity contribution is -0.385. The average molecular weight is 257 g/mol. The second kappa shape index (κ2) is 5.63. The van der Waals surface area contributed by atoms with Gasteiger partial charge in [-0.2, -0.15) is 5.10 Å². The van der Waals surface area contributed by atoms with Crippen LogP contribution in [0.1, 0.15) is 5.56 Å². The number of nitro benzene ring substituents is 1. The van der Waals surface area contributed by atoms with E-state index in [9.17, 15) is 15.2 Å². The summed E-state index contributed by atoms with van der Waals surface area (Å²) in [6.07, 6.45) is 1.34. The van der Waals surface area contributed by atoms with Gasteiger partial charge in [0, 0.05) is 6.07 Å². The molecule has 0 saturated heterocycles. The first-order valence-corrected chi connectivity index (χ1v) is 5.49. The number of benzene rings is 2. The second-order valence-corrected chi connectivity index (χ2v) is 3.70. The molecule has 0 unspecified atom stereocenters. The molecule has 0 spiro atoms. The summed E-state index contributed by atoms with van der Waals surface area (Å²) in [5.41, 5.74) is 3.41. The molecule has 0 amide bonds. The molecule has 2 aromatic rings. The Kier molecular flexibility index (Phi) is 3.72. The van der Waals surface area contributed by atoms with Crippen LogP contribution < -0.4 is 5.43 Å². The Labute approximate surface area is 109 Å². The second-order valence-electron chi connectivity index (χ2n) is 3.70. The van der Waals surface area contributed by atoms with Crippen LogP contribution in [0.15, 0.2) is 53.6 Å². The number of anilines is 1. The van der Waals surface area contributed by atoms with Crippen molar-refractivity contribution in [2.45, 2.75) is 0 Å². The number of phenolic OH excluding ortho intramolecular Hbond substituents is 1. The van der Waals surface area contributed by atoms with E-state index in [4.69, 9.17) is 0 Å². The zero-order valence-corrected chi connectivity index (χ0v) is 9.85. The van der Waals surface area contributed by atoms with Crippen molar-refractivity contribution < 1.29 is 10.0 Å². The van der Waals surface area contributed by atoms with Crippen LogP contribution in [0, 0.1) is 10.1 Å². The Balaban J connectivity index is 2.16.